The minimum Gasteiger partial charge on any atom is -0.341 e. The van der Waals surface area contributed by atoms with E-state index in [4.69, 9.17) is 0 Å². The first kappa shape index (κ1) is 17.3. The summed E-state index contributed by atoms with van der Waals surface area (Å²) in [6, 6.07) is 7.03. The molecule has 1 saturated carbocycles. The monoisotopic (exact) mass is 314 g/mol. The first-order valence-corrected chi connectivity index (χ1v) is 8.14. The maximum atomic E-state index is 12.6. The molecule has 0 atom stereocenters. The van der Waals surface area contributed by atoms with Gasteiger partial charge in [-0.15, -0.1) is 0 Å². The van der Waals surface area contributed by atoms with Crippen LogP contribution in [0.15, 0.2) is 36.9 Å². The van der Waals surface area contributed by atoms with Crippen molar-refractivity contribution in [1.29, 1.82) is 0 Å². The zero-order chi connectivity index (χ0) is 17.0. The number of benzene rings is 1. The number of nitrogens with one attached hydrogen (secondary N) is 1. The van der Waals surface area contributed by atoms with Gasteiger partial charge in [-0.05, 0) is 54.9 Å². The Hall–Kier alpha value is -2.10. The van der Waals surface area contributed by atoms with Gasteiger partial charge in [-0.2, -0.15) is 0 Å². The smallest absolute Gasteiger partial charge is 0.253 e. The highest BCUT2D eigenvalue weighted by molar-refractivity contribution is 6.00. The minimum atomic E-state index is -0.281. The molecule has 0 saturated heterocycles. The molecule has 23 heavy (non-hydrogen) atoms. The second-order valence-electron chi connectivity index (χ2n) is 7.03. The summed E-state index contributed by atoms with van der Waals surface area (Å²) in [5.41, 5.74) is 1.51. The van der Waals surface area contributed by atoms with Crippen molar-refractivity contribution in [2.75, 3.05) is 18.9 Å². The quantitative estimate of drug-likeness (QED) is 0.780. The molecule has 1 aliphatic carbocycles. The first-order valence-electron chi connectivity index (χ1n) is 8.14. The summed E-state index contributed by atoms with van der Waals surface area (Å²) in [6.07, 6.45) is 4.79. The number of nitrogens with zero attached hydrogens (tertiary/aromatic N) is 1. The molecule has 0 radical (unpaired) electrons. The van der Waals surface area contributed by atoms with Crippen LogP contribution in [-0.4, -0.2) is 30.3 Å². The third kappa shape index (κ3) is 4.68. The third-order valence-corrected chi connectivity index (χ3v) is 4.28. The van der Waals surface area contributed by atoms with Gasteiger partial charge >= 0.3 is 0 Å². The van der Waals surface area contributed by atoms with Crippen LogP contribution in [-0.2, 0) is 4.79 Å². The Labute approximate surface area is 138 Å². The highest BCUT2D eigenvalue weighted by atomic mass is 16.2. The maximum absolute atomic E-state index is 12.6. The van der Waals surface area contributed by atoms with Crippen molar-refractivity contribution >= 4 is 17.5 Å². The molecule has 4 nitrogen and oxygen atoms in total. The van der Waals surface area contributed by atoms with E-state index in [-0.39, 0.29) is 11.8 Å². The van der Waals surface area contributed by atoms with Gasteiger partial charge in [-0.3, -0.25) is 9.59 Å². The fourth-order valence-electron chi connectivity index (χ4n) is 3.19. The van der Waals surface area contributed by atoms with E-state index in [0.29, 0.717) is 22.6 Å². The second-order valence-corrected chi connectivity index (χ2v) is 7.03. The summed E-state index contributed by atoms with van der Waals surface area (Å²) in [7, 11) is 1.86. The molecule has 1 aliphatic rings. The first-order chi connectivity index (χ1) is 10.8. The Morgan fingerprint density at radius 3 is 2.65 bits per heavy atom. The van der Waals surface area contributed by atoms with E-state index in [0.717, 1.165) is 6.54 Å². The summed E-state index contributed by atoms with van der Waals surface area (Å²) < 4.78 is 0. The van der Waals surface area contributed by atoms with Crippen molar-refractivity contribution in [2.24, 2.45) is 11.3 Å². The molecule has 1 fully saturated rings. The van der Waals surface area contributed by atoms with Crippen molar-refractivity contribution in [3.05, 3.63) is 42.5 Å². The summed E-state index contributed by atoms with van der Waals surface area (Å²) in [5.74, 6) is 0.366. The molecule has 2 amide bonds. The standard InChI is InChI=1S/C19H26N2O2/c1-5-17(22)20-16-8-6-7-15(11-16)18(23)21(4)13-19(9-10-19)12-14(2)3/h5-8,11,14H,1,9-10,12-13H2,2-4H3,(H,20,22). The molecule has 1 aromatic carbocycles. The number of anilines is 1. The molecular formula is C19H26N2O2. The van der Waals surface area contributed by atoms with Crippen molar-refractivity contribution in [3.63, 3.8) is 0 Å². The molecule has 0 bridgehead atoms. The van der Waals surface area contributed by atoms with Gasteiger partial charge in [-0.1, -0.05) is 26.5 Å². The molecule has 0 unspecified atom stereocenters. The van der Waals surface area contributed by atoms with Crippen LogP contribution < -0.4 is 5.32 Å². The van der Waals surface area contributed by atoms with Gasteiger partial charge in [0.05, 0.1) is 0 Å². The molecule has 0 heterocycles. The van der Waals surface area contributed by atoms with E-state index >= 15 is 0 Å². The Balaban J connectivity index is 2.03. The van der Waals surface area contributed by atoms with Crippen LogP contribution in [0.1, 0.15) is 43.5 Å². The van der Waals surface area contributed by atoms with Crippen LogP contribution in [0.25, 0.3) is 0 Å². The zero-order valence-electron chi connectivity index (χ0n) is 14.3. The largest absolute Gasteiger partial charge is 0.341 e. The fraction of sp³-hybridized carbons (Fsp3) is 0.474. The normalized spacial score (nSPS) is 15.1. The van der Waals surface area contributed by atoms with Crippen molar-refractivity contribution in [2.45, 2.75) is 33.1 Å². The molecule has 2 rings (SSSR count). The molecule has 0 aromatic heterocycles. The van der Waals surface area contributed by atoms with E-state index in [1.54, 1.807) is 24.3 Å². The van der Waals surface area contributed by atoms with Gasteiger partial charge in [0.15, 0.2) is 0 Å². The lowest BCUT2D eigenvalue weighted by Gasteiger charge is -2.25. The van der Waals surface area contributed by atoms with E-state index in [9.17, 15) is 9.59 Å². The van der Waals surface area contributed by atoms with Crippen LogP contribution in [0.4, 0.5) is 5.69 Å². The fourth-order valence-corrected chi connectivity index (χ4v) is 3.19. The topological polar surface area (TPSA) is 49.4 Å². The summed E-state index contributed by atoms with van der Waals surface area (Å²) in [5, 5.41) is 2.68. The number of rotatable bonds is 7. The number of carbonyl (C=O) groups excluding carboxylic acids is 2. The highest BCUT2D eigenvalue weighted by Crippen LogP contribution is 2.51. The summed E-state index contributed by atoms with van der Waals surface area (Å²) >= 11 is 0. The van der Waals surface area contributed by atoms with E-state index in [1.807, 2.05) is 11.9 Å². The summed E-state index contributed by atoms with van der Waals surface area (Å²) in [6.45, 7) is 8.68. The van der Waals surface area contributed by atoms with Crippen molar-refractivity contribution in [1.82, 2.24) is 4.90 Å². The maximum Gasteiger partial charge on any atom is 0.253 e. The molecule has 1 aromatic rings. The number of amides is 2. The average Bonchev–Trinajstić information content (AvgIpc) is 3.24. The van der Waals surface area contributed by atoms with Crippen LogP contribution in [0, 0.1) is 11.3 Å². The Bertz CT molecular complexity index is 603. The number of hydrogen-bond acceptors (Lipinski definition) is 2. The molecule has 124 valence electrons. The van der Waals surface area contributed by atoms with Crippen LogP contribution >= 0.6 is 0 Å². The van der Waals surface area contributed by atoms with Crippen LogP contribution in [0.5, 0.6) is 0 Å². The zero-order valence-corrected chi connectivity index (χ0v) is 14.3. The van der Waals surface area contributed by atoms with E-state index in [1.165, 1.54) is 25.3 Å². The van der Waals surface area contributed by atoms with Gasteiger partial charge in [0.1, 0.15) is 0 Å². The number of carbonyl (C=O) groups is 2. The van der Waals surface area contributed by atoms with Crippen LogP contribution in [0.2, 0.25) is 0 Å². The lowest BCUT2D eigenvalue weighted by Crippen LogP contribution is -2.33. The van der Waals surface area contributed by atoms with Gasteiger partial charge in [0, 0.05) is 24.8 Å². The van der Waals surface area contributed by atoms with Gasteiger partial charge in [-0.25, -0.2) is 0 Å². The molecule has 0 spiro atoms. The number of hydrogen-bond donors (Lipinski definition) is 1. The third-order valence-electron chi connectivity index (χ3n) is 4.28. The predicted octanol–water partition coefficient (Wildman–Crippen LogP) is 3.71. The van der Waals surface area contributed by atoms with Gasteiger partial charge in [0.2, 0.25) is 5.91 Å². The highest BCUT2D eigenvalue weighted by Gasteiger charge is 2.44. The van der Waals surface area contributed by atoms with Gasteiger partial charge < -0.3 is 10.2 Å². The van der Waals surface area contributed by atoms with Crippen molar-refractivity contribution in [3.8, 4) is 0 Å². The lowest BCUT2D eigenvalue weighted by atomic mass is 9.93. The lowest BCUT2D eigenvalue weighted by molar-refractivity contribution is -0.111. The van der Waals surface area contributed by atoms with E-state index in [2.05, 4.69) is 25.7 Å². The van der Waals surface area contributed by atoms with E-state index < -0.39 is 0 Å². The molecule has 4 heteroatoms. The molecule has 1 N–H and O–H groups in total. The Morgan fingerprint density at radius 1 is 1.39 bits per heavy atom. The average molecular weight is 314 g/mol. The molecule has 0 aliphatic heterocycles. The predicted molar refractivity (Wildman–Crippen MR) is 93.4 cm³/mol. The second kappa shape index (κ2) is 6.99. The van der Waals surface area contributed by atoms with Crippen LogP contribution in [0.3, 0.4) is 0 Å². The minimum absolute atomic E-state index is 0.00488. The SMILES string of the molecule is C=CC(=O)Nc1cccc(C(=O)N(C)CC2(CC(C)C)CC2)c1. The van der Waals surface area contributed by atoms with Gasteiger partial charge in [0.25, 0.3) is 5.91 Å². The summed E-state index contributed by atoms with van der Waals surface area (Å²) in [4.78, 5) is 25.8. The van der Waals surface area contributed by atoms with Crippen molar-refractivity contribution < 1.29 is 9.59 Å². The Morgan fingerprint density at radius 2 is 2.09 bits per heavy atom. The molecular weight excluding hydrogens is 288 g/mol. The Kier molecular flexibility index (Phi) is 5.24.